The molecule has 1 N–H and O–H groups in total. The van der Waals surface area contributed by atoms with Gasteiger partial charge in [-0.2, -0.15) is 5.26 Å². The molecule has 6 heteroatoms. The van der Waals surface area contributed by atoms with Crippen LogP contribution in [0.2, 0.25) is 0 Å². The number of carbonyl (C=O) groups is 1. The molecule has 0 fully saturated rings. The third kappa shape index (κ3) is 7.09. The van der Waals surface area contributed by atoms with E-state index in [1.165, 1.54) is 11.6 Å². The second-order valence-electron chi connectivity index (χ2n) is 6.38. The predicted octanol–water partition coefficient (Wildman–Crippen LogP) is 5.07. The first kappa shape index (κ1) is 23.2. The standard InChI is InChI=1S/C24H25BrN2O3/c1-3-13-30-23-21(25)15-19(16-22(23)29-4-2)14-20(17-26)24(28)27-12-8-11-18-9-6-5-7-10-18/h3,5-7,9-10,14-16H,1,4,8,11-13H2,2H3,(H,27,28)/b20-14-. The molecule has 2 rings (SSSR count). The smallest absolute Gasteiger partial charge is 0.261 e. The number of carbonyl (C=O) groups excluding carboxylic acids is 1. The van der Waals surface area contributed by atoms with Gasteiger partial charge in [-0.3, -0.25) is 4.79 Å². The lowest BCUT2D eigenvalue weighted by molar-refractivity contribution is -0.117. The number of halogens is 1. The average molecular weight is 469 g/mol. The molecule has 0 saturated carbocycles. The third-order valence-electron chi connectivity index (χ3n) is 4.12. The number of nitrogens with zero attached hydrogens (tertiary/aromatic N) is 1. The van der Waals surface area contributed by atoms with Crippen LogP contribution in [-0.2, 0) is 11.2 Å². The van der Waals surface area contributed by atoms with E-state index < -0.39 is 5.91 Å². The van der Waals surface area contributed by atoms with Gasteiger partial charge in [0.15, 0.2) is 11.5 Å². The molecular formula is C24H25BrN2O3. The van der Waals surface area contributed by atoms with E-state index in [0.717, 1.165) is 12.8 Å². The summed E-state index contributed by atoms with van der Waals surface area (Å²) in [6, 6.07) is 15.6. The Bertz CT molecular complexity index is 933. The molecule has 0 aromatic heterocycles. The van der Waals surface area contributed by atoms with Crippen LogP contribution in [0.1, 0.15) is 24.5 Å². The number of aryl methyl sites for hydroxylation is 1. The van der Waals surface area contributed by atoms with Crippen LogP contribution in [0.4, 0.5) is 0 Å². The summed E-state index contributed by atoms with van der Waals surface area (Å²) >= 11 is 3.47. The summed E-state index contributed by atoms with van der Waals surface area (Å²) in [4.78, 5) is 12.4. The summed E-state index contributed by atoms with van der Waals surface area (Å²) in [5, 5.41) is 12.3. The number of ether oxygens (including phenoxy) is 2. The molecule has 0 unspecified atom stereocenters. The van der Waals surface area contributed by atoms with Gasteiger partial charge in [0.2, 0.25) is 0 Å². The molecular weight excluding hydrogens is 444 g/mol. The van der Waals surface area contributed by atoms with Gasteiger partial charge in [-0.05, 0) is 65.0 Å². The molecule has 5 nitrogen and oxygen atoms in total. The summed E-state index contributed by atoms with van der Waals surface area (Å²) in [5.74, 6) is 0.685. The summed E-state index contributed by atoms with van der Waals surface area (Å²) in [5.41, 5.74) is 1.91. The van der Waals surface area contributed by atoms with Crippen molar-refractivity contribution in [2.24, 2.45) is 0 Å². The van der Waals surface area contributed by atoms with E-state index in [-0.39, 0.29) is 5.57 Å². The number of nitriles is 1. The topological polar surface area (TPSA) is 71.3 Å². The van der Waals surface area contributed by atoms with Crippen LogP contribution >= 0.6 is 15.9 Å². The van der Waals surface area contributed by atoms with Crippen molar-refractivity contribution in [3.05, 3.63) is 76.3 Å². The van der Waals surface area contributed by atoms with Gasteiger partial charge < -0.3 is 14.8 Å². The number of rotatable bonds is 11. The zero-order chi connectivity index (χ0) is 21.8. The quantitative estimate of drug-likeness (QED) is 0.216. The third-order valence-corrected chi connectivity index (χ3v) is 4.71. The summed E-state index contributed by atoms with van der Waals surface area (Å²) in [7, 11) is 0. The minimum Gasteiger partial charge on any atom is -0.490 e. The second kappa shape index (κ2) is 12.5. The van der Waals surface area contributed by atoms with Crippen LogP contribution in [0, 0.1) is 11.3 Å². The fourth-order valence-electron chi connectivity index (χ4n) is 2.77. The van der Waals surface area contributed by atoms with Gasteiger partial charge in [-0.15, -0.1) is 0 Å². The van der Waals surface area contributed by atoms with Crippen molar-refractivity contribution >= 4 is 27.9 Å². The molecule has 0 saturated heterocycles. The van der Waals surface area contributed by atoms with E-state index in [1.54, 1.807) is 18.2 Å². The lowest BCUT2D eigenvalue weighted by Gasteiger charge is -2.14. The number of benzene rings is 2. The summed E-state index contributed by atoms with van der Waals surface area (Å²) in [6.45, 7) is 6.80. The Kier molecular flexibility index (Phi) is 9.69. The molecule has 0 atom stereocenters. The highest BCUT2D eigenvalue weighted by molar-refractivity contribution is 9.10. The first-order valence-corrected chi connectivity index (χ1v) is 10.5. The molecule has 1 amide bonds. The van der Waals surface area contributed by atoms with E-state index in [0.29, 0.717) is 41.3 Å². The number of hydrogen-bond acceptors (Lipinski definition) is 4. The molecule has 2 aromatic rings. The van der Waals surface area contributed by atoms with Crippen LogP contribution in [0.15, 0.2) is 65.2 Å². The van der Waals surface area contributed by atoms with Crippen molar-refractivity contribution in [2.45, 2.75) is 19.8 Å². The van der Waals surface area contributed by atoms with E-state index in [1.807, 2.05) is 31.2 Å². The van der Waals surface area contributed by atoms with Crippen molar-refractivity contribution < 1.29 is 14.3 Å². The molecule has 0 radical (unpaired) electrons. The van der Waals surface area contributed by atoms with Gasteiger partial charge in [0.05, 0.1) is 11.1 Å². The zero-order valence-electron chi connectivity index (χ0n) is 17.0. The zero-order valence-corrected chi connectivity index (χ0v) is 18.6. The molecule has 0 aliphatic carbocycles. The maximum Gasteiger partial charge on any atom is 0.261 e. The molecule has 2 aromatic carbocycles. The van der Waals surface area contributed by atoms with Crippen molar-refractivity contribution in [1.82, 2.24) is 5.32 Å². The Morgan fingerprint density at radius 2 is 2.03 bits per heavy atom. The van der Waals surface area contributed by atoms with E-state index in [4.69, 9.17) is 9.47 Å². The maximum atomic E-state index is 12.4. The number of nitrogens with one attached hydrogen (secondary N) is 1. The first-order chi connectivity index (χ1) is 14.6. The molecule has 30 heavy (non-hydrogen) atoms. The minimum atomic E-state index is -0.397. The van der Waals surface area contributed by atoms with Crippen molar-refractivity contribution in [1.29, 1.82) is 5.26 Å². The normalized spacial score (nSPS) is 10.8. The molecule has 0 aliphatic rings. The molecule has 156 valence electrons. The lowest BCUT2D eigenvalue weighted by atomic mass is 10.1. The van der Waals surface area contributed by atoms with Crippen LogP contribution < -0.4 is 14.8 Å². The summed E-state index contributed by atoms with van der Waals surface area (Å²) in [6.07, 6.45) is 4.84. The number of amides is 1. The fraction of sp³-hybridized carbons (Fsp3) is 0.250. The second-order valence-corrected chi connectivity index (χ2v) is 7.23. The van der Waals surface area contributed by atoms with Gasteiger partial charge in [0, 0.05) is 6.54 Å². The van der Waals surface area contributed by atoms with E-state index in [2.05, 4.69) is 40.0 Å². The van der Waals surface area contributed by atoms with Crippen LogP contribution in [0.5, 0.6) is 11.5 Å². The lowest BCUT2D eigenvalue weighted by Crippen LogP contribution is -2.25. The molecule has 0 spiro atoms. The van der Waals surface area contributed by atoms with Gasteiger partial charge in [0.25, 0.3) is 5.91 Å². The van der Waals surface area contributed by atoms with Crippen LogP contribution in [0.3, 0.4) is 0 Å². The monoisotopic (exact) mass is 468 g/mol. The first-order valence-electron chi connectivity index (χ1n) is 9.73. The fourth-order valence-corrected chi connectivity index (χ4v) is 3.34. The van der Waals surface area contributed by atoms with Crippen molar-refractivity contribution in [3.8, 4) is 17.6 Å². The van der Waals surface area contributed by atoms with Crippen LogP contribution in [0.25, 0.3) is 6.08 Å². The van der Waals surface area contributed by atoms with Crippen molar-refractivity contribution in [2.75, 3.05) is 19.8 Å². The summed E-state index contributed by atoms with van der Waals surface area (Å²) < 4.78 is 12.0. The molecule has 0 aliphatic heterocycles. The van der Waals surface area contributed by atoms with Crippen LogP contribution in [-0.4, -0.2) is 25.7 Å². The Morgan fingerprint density at radius 3 is 2.70 bits per heavy atom. The highest BCUT2D eigenvalue weighted by Crippen LogP contribution is 2.37. The Labute approximate surface area is 186 Å². The van der Waals surface area contributed by atoms with Gasteiger partial charge in [0.1, 0.15) is 18.2 Å². The SMILES string of the molecule is C=CCOc1c(Br)cc(/C=C(/C#N)C(=O)NCCCc2ccccc2)cc1OCC. The molecule has 0 heterocycles. The Morgan fingerprint density at radius 1 is 1.27 bits per heavy atom. The van der Waals surface area contributed by atoms with Gasteiger partial charge in [-0.25, -0.2) is 0 Å². The maximum absolute atomic E-state index is 12.4. The predicted molar refractivity (Wildman–Crippen MR) is 122 cm³/mol. The highest BCUT2D eigenvalue weighted by atomic mass is 79.9. The highest BCUT2D eigenvalue weighted by Gasteiger charge is 2.14. The van der Waals surface area contributed by atoms with E-state index in [9.17, 15) is 10.1 Å². The van der Waals surface area contributed by atoms with Gasteiger partial charge in [-0.1, -0.05) is 43.0 Å². The molecule has 0 bridgehead atoms. The number of hydrogen-bond donors (Lipinski definition) is 1. The van der Waals surface area contributed by atoms with Gasteiger partial charge >= 0.3 is 0 Å². The Hall–Kier alpha value is -3.04. The van der Waals surface area contributed by atoms with Crippen molar-refractivity contribution in [3.63, 3.8) is 0 Å². The largest absolute Gasteiger partial charge is 0.490 e. The Balaban J connectivity index is 2.07. The average Bonchev–Trinajstić information content (AvgIpc) is 2.75. The minimum absolute atomic E-state index is 0.0313. The van der Waals surface area contributed by atoms with E-state index >= 15 is 0 Å².